The number of carbonyl (C=O) groups excluding carboxylic acids is 2. The van der Waals surface area contributed by atoms with Crippen molar-refractivity contribution >= 4 is 19.8 Å². The van der Waals surface area contributed by atoms with Crippen molar-refractivity contribution in [1.29, 1.82) is 0 Å². The highest BCUT2D eigenvalue weighted by Crippen LogP contribution is 2.43. The second kappa shape index (κ2) is 37.8. The van der Waals surface area contributed by atoms with E-state index in [2.05, 4.69) is 13.8 Å². The second-order valence-corrected chi connectivity index (χ2v) is 15.7. The van der Waals surface area contributed by atoms with Crippen LogP contribution in [0.25, 0.3) is 0 Å². The summed E-state index contributed by atoms with van der Waals surface area (Å²) in [6.45, 7) is 3.76. The van der Waals surface area contributed by atoms with E-state index in [4.69, 9.17) is 24.3 Å². The summed E-state index contributed by atoms with van der Waals surface area (Å²) in [5.41, 5.74) is 5.34. The summed E-state index contributed by atoms with van der Waals surface area (Å²) in [6, 6.07) is 0. The normalized spacial score (nSPS) is 13.3. The topological polar surface area (TPSA) is 134 Å². The zero-order valence-electron chi connectivity index (χ0n) is 32.7. The predicted molar refractivity (Wildman–Crippen MR) is 206 cm³/mol. The number of carbonyl (C=O) groups is 2. The highest BCUT2D eigenvalue weighted by atomic mass is 31.2. The number of unbranched alkanes of at least 4 members (excludes halogenated alkanes) is 27. The summed E-state index contributed by atoms with van der Waals surface area (Å²) in [7, 11) is -4.36. The Labute approximate surface area is 307 Å². The van der Waals surface area contributed by atoms with Gasteiger partial charge in [-0.2, -0.15) is 0 Å². The second-order valence-electron chi connectivity index (χ2n) is 14.2. The molecule has 9 nitrogen and oxygen atoms in total. The fourth-order valence-electron chi connectivity index (χ4n) is 6.11. The van der Waals surface area contributed by atoms with Crippen molar-refractivity contribution in [3.8, 4) is 0 Å². The number of hydrogen-bond acceptors (Lipinski definition) is 8. The van der Waals surface area contributed by atoms with Crippen LogP contribution in [0.3, 0.4) is 0 Å². The number of phosphoric ester groups is 1. The molecule has 0 aliphatic rings. The van der Waals surface area contributed by atoms with Crippen LogP contribution in [0.1, 0.15) is 213 Å². The molecule has 0 heterocycles. The Morgan fingerprint density at radius 2 is 0.860 bits per heavy atom. The Hall–Kier alpha value is -0.990. The van der Waals surface area contributed by atoms with Gasteiger partial charge in [-0.1, -0.05) is 187 Å². The molecule has 298 valence electrons. The first-order valence-corrected chi connectivity index (χ1v) is 22.5. The summed E-state index contributed by atoms with van der Waals surface area (Å²) >= 11 is 0. The Kier molecular flexibility index (Phi) is 37.0. The highest BCUT2D eigenvalue weighted by Gasteiger charge is 2.26. The van der Waals surface area contributed by atoms with Gasteiger partial charge >= 0.3 is 19.8 Å². The quantitative estimate of drug-likeness (QED) is 0.0358. The standard InChI is InChI=1S/C40H80NO8P/c1-3-5-7-9-11-13-15-17-18-19-20-21-23-24-26-28-30-32-39(42)46-36-38(37-48-50(44,45)47-35-34-41)49-40(43)33-31-29-27-25-22-16-14-12-10-8-6-4-2/h38H,3-37,41H2,1-2H3,(H,44,45)/t38-/m0/s1. The molecule has 0 aliphatic carbocycles. The van der Waals surface area contributed by atoms with Gasteiger partial charge in [-0.3, -0.25) is 18.6 Å². The average molecular weight is 734 g/mol. The van der Waals surface area contributed by atoms with Crippen molar-refractivity contribution in [2.45, 2.75) is 219 Å². The lowest BCUT2D eigenvalue weighted by atomic mass is 10.0. The zero-order valence-corrected chi connectivity index (χ0v) is 33.6. The number of nitrogens with two attached hydrogens (primary N) is 1. The van der Waals surface area contributed by atoms with Gasteiger partial charge in [-0.05, 0) is 12.8 Å². The summed E-state index contributed by atoms with van der Waals surface area (Å²) in [4.78, 5) is 34.8. The molecule has 0 rings (SSSR count). The van der Waals surface area contributed by atoms with Crippen LogP contribution < -0.4 is 5.73 Å². The molecule has 0 bridgehead atoms. The third-order valence-electron chi connectivity index (χ3n) is 9.24. The molecule has 0 aromatic rings. The zero-order chi connectivity index (χ0) is 36.8. The molecule has 50 heavy (non-hydrogen) atoms. The van der Waals surface area contributed by atoms with Crippen molar-refractivity contribution < 1.29 is 37.6 Å². The van der Waals surface area contributed by atoms with E-state index in [-0.39, 0.29) is 38.6 Å². The van der Waals surface area contributed by atoms with Crippen LogP contribution in [0.5, 0.6) is 0 Å². The maximum Gasteiger partial charge on any atom is 0.472 e. The van der Waals surface area contributed by atoms with Gasteiger partial charge in [0.05, 0.1) is 13.2 Å². The van der Waals surface area contributed by atoms with Crippen molar-refractivity contribution in [3.05, 3.63) is 0 Å². The van der Waals surface area contributed by atoms with Crippen molar-refractivity contribution in [2.75, 3.05) is 26.4 Å². The molecule has 3 N–H and O–H groups in total. The summed E-state index contributed by atoms with van der Waals surface area (Å²) in [5.74, 6) is -0.815. The van der Waals surface area contributed by atoms with Crippen LogP contribution in [0.4, 0.5) is 0 Å². The highest BCUT2D eigenvalue weighted by molar-refractivity contribution is 7.47. The first-order chi connectivity index (χ1) is 24.3. The van der Waals surface area contributed by atoms with Gasteiger partial charge in [0.25, 0.3) is 0 Å². The Morgan fingerprint density at radius 3 is 1.22 bits per heavy atom. The molecule has 1 unspecified atom stereocenters. The fourth-order valence-corrected chi connectivity index (χ4v) is 6.87. The van der Waals surface area contributed by atoms with Gasteiger partial charge in [0, 0.05) is 19.4 Å². The van der Waals surface area contributed by atoms with E-state index in [1.54, 1.807) is 0 Å². The van der Waals surface area contributed by atoms with Gasteiger partial charge in [-0.15, -0.1) is 0 Å². The maximum absolute atomic E-state index is 12.5. The van der Waals surface area contributed by atoms with E-state index in [9.17, 15) is 19.0 Å². The fraction of sp³-hybridized carbons (Fsp3) is 0.950. The van der Waals surface area contributed by atoms with E-state index in [0.717, 1.165) is 32.1 Å². The first kappa shape index (κ1) is 49.0. The van der Waals surface area contributed by atoms with Gasteiger partial charge < -0.3 is 20.1 Å². The minimum Gasteiger partial charge on any atom is -0.462 e. The van der Waals surface area contributed by atoms with Crippen molar-refractivity contribution in [1.82, 2.24) is 0 Å². The van der Waals surface area contributed by atoms with E-state index in [1.807, 2.05) is 0 Å². The predicted octanol–water partition coefficient (Wildman–Crippen LogP) is 11.7. The van der Waals surface area contributed by atoms with Gasteiger partial charge in [0.1, 0.15) is 6.61 Å². The Balaban J connectivity index is 4.09. The summed E-state index contributed by atoms with van der Waals surface area (Å²) < 4.78 is 32.7. The number of rotatable bonds is 40. The SMILES string of the molecule is CCCCCCCCCCCCCCCCCCCC(=O)OC[C@@H](COP(=O)(O)OCCN)OC(=O)CCCCCCCCCCCCCC. The van der Waals surface area contributed by atoms with Gasteiger partial charge in [0.15, 0.2) is 6.10 Å². The molecule has 0 aliphatic heterocycles. The number of ether oxygens (including phenoxy) is 2. The van der Waals surface area contributed by atoms with Crippen molar-refractivity contribution in [3.63, 3.8) is 0 Å². The number of hydrogen-bond donors (Lipinski definition) is 2. The van der Waals surface area contributed by atoms with Crippen LogP contribution in [-0.2, 0) is 32.7 Å². The molecule has 0 radical (unpaired) electrons. The monoisotopic (exact) mass is 734 g/mol. The Morgan fingerprint density at radius 1 is 0.520 bits per heavy atom. The smallest absolute Gasteiger partial charge is 0.462 e. The Bertz CT molecular complexity index is 799. The van der Waals surface area contributed by atoms with Crippen molar-refractivity contribution in [2.24, 2.45) is 5.73 Å². The molecule has 0 spiro atoms. The van der Waals surface area contributed by atoms with E-state index in [0.29, 0.717) is 6.42 Å². The molecule has 0 amide bonds. The lowest BCUT2D eigenvalue weighted by molar-refractivity contribution is -0.161. The van der Waals surface area contributed by atoms with Crippen LogP contribution in [0.2, 0.25) is 0 Å². The maximum atomic E-state index is 12.5. The third kappa shape index (κ3) is 36.8. The lowest BCUT2D eigenvalue weighted by Gasteiger charge is -2.19. The van der Waals surface area contributed by atoms with E-state index < -0.39 is 26.5 Å². The molecule has 0 saturated heterocycles. The van der Waals surface area contributed by atoms with Gasteiger partial charge in [-0.25, -0.2) is 4.57 Å². The minimum atomic E-state index is -4.36. The molecule has 10 heteroatoms. The largest absolute Gasteiger partial charge is 0.472 e. The van der Waals surface area contributed by atoms with Crippen LogP contribution in [-0.4, -0.2) is 49.3 Å². The molecular weight excluding hydrogens is 653 g/mol. The molecule has 0 aromatic carbocycles. The lowest BCUT2D eigenvalue weighted by Crippen LogP contribution is -2.29. The van der Waals surface area contributed by atoms with E-state index >= 15 is 0 Å². The summed E-state index contributed by atoms with van der Waals surface area (Å²) in [6.07, 6.45) is 35.6. The third-order valence-corrected chi connectivity index (χ3v) is 10.2. The molecule has 0 saturated carbocycles. The van der Waals surface area contributed by atoms with Crippen LogP contribution in [0.15, 0.2) is 0 Å². The minimum absolute atomic E-state index is 0.0579. The summed E-state index contributed by atoms with van der Waals surface area (Å²) in [5, 5.41) is 0. The molecular formula is C40H80NO8P. The number of phosphoric acid groups is 1. The first-order valence-electron chi connectivity index (χ1n) is 21.0. The van der Waals surface area contributed by atoms with E-state index in [1.165, 1.54) is 148 Å². The average Bonchev–Trinajstić information content (AvgIpc) is 3.10. The van der Waals surface area contributed by atoms with Crippen LogP contribution in [0, 0.1) is 0 Å². The molecule has 0 fully saturated rings. The molecule has 2 atom stereocenters. The van der Waals surface area contributed by atoms with Crippen LogP contribution >= 0.6 is 7.82 Å². The van der Waals surface area contributed by atoms with Gasteiger partial charge in [0.2, 0.25) is 0 Å². The molecule has 0 aromatic heterocycles. The number of esters is 2.